The first-order valence-electron chi connectivity index (χ1n) is 11.7. The number of unbranched alkanes of at least 4 members (excludes halogenated alkanes) is 1. The highest BCUT2D eigenvalue weighted by Gasteiger charge is 2.37. The summed E-state index contributed by atoms with van der Waals surface area (Å²) < 4.78 is 0. The molecule has 1 aromatic heterocycles. The van der Waals surface area contributed by atoms with Gasteiger partial charge in [0, 0.05) is 17.2 Å². The van der Waals surface area contributed by atoms with Gasteiger partial charge in [-0.3, -0.25) is 0 Å². The van der Waals surface area contributed by atoms with Crippen LogP contribution in [0, 0.1) is 0 Å². The fourth-order valence-corrected chi connectivity index (χ4v) is 5.35. The molecule has 0 bridgehead atoms. The number of nitrogens with one attached hydrogen (secondary N) is 2. The Morgan fingerprint density at radius 3 is 2.53 bits per heavy atom. The van der Waals surface area contributed by atoms with E-state index in [1.165, 1.54) is 58.3 Å². The van der Waals surface area contributed by atoms with E-state index in [0.29, 0.717) is 17.8 Å². The maximum absolute atomic E-state index is 4.13. The first kappa shape index (κ1) is 19.2. The molecular weight excluding hydrogens is 394 g/mol. The number of benzene rings is 3. The third-order valence-electron chi connectivity index (χ3n) is 7.08. The van der Waals surface area contributed by atoms with Crippen LogP contribution in [0.15, 0.2) is 60.7 Å². The van der Waals surface area contributed by atoms with Crippen LogP contribution < -0.4 is 5.32 Å². The van der Waals surface area contributed by atoms with Crippen LogP contribution in [0.5, 0.6) is 0 Å². The Hall–Kier alpha value is -3.47. The summed E-state index contributed by atoms with van der Waals surface area (Å²) in [7, 11) is 0. The van der Waals surface area contributed by atoms with Crippen LogP contribution in [-0.4, -0.2) is 20.6 Å². The second-order valence-corrected chi connectivity index (χ2v) is 9.02. The molecule has 6 rings (SSSR count). The van der Waals surface area contributed by atoms with Crippen molar-refractivity contribution in [3.8, 4) is 22.5 Å². The minimum Gasteiger partial charge on any atom is -0.377 e. The van der Waals surface area contributed by atoms with E-state index in [4.69, 9.17) is 0 Å². The molecule has 5 heteroatoms. The monoisotopic (exact) mass is 421 g/mol. The van der Waals surface area contributed by atoms with Crippen molar-refractivity contribution in [3.05, 3.63) is 82.9 Å². The van der Waals surface area contributed by atoms with Crippen molar-refractivity contribution < 1.29 is 0 Å². The van der Waals surface area contributed by atoms with Gasteiger partial charge in [0.1, 0.15) is 0 Å². The van der Waals surface area contributed by atoms with Crippen LogP contribution in [0.3, 0.4) is 0 Å². The summed E-state index contributed by atoms with van der Waals surface area (Å²) in [6, 6.07) is 23.0. The summed E-state index contributed by atoms with van der Waals surface area (Å²) in [5.41, 5.74) is 10.5. The molecule has 0 spiro atoms. The summed E-state index contributed by atoms with van der Waals surface area (Å²) in [6.07, 6.45) is 5.88. The van der Waals surface area contributed by atoms with E-state index < -0.39 is 0 Å². The van der Waals surface area contributed by atoms with Gasteiger partial charge in [0.2, 0.25) is 5.82 Å². The first-order valence-corrected chi connectivity index (χ1v) is 11.7. The predicted octanol–water partition coefficient (Wildman–Crippen LogP) is 6.07. The normalized spacial score (nSPS) is 18.5. The van der Waals surface area contributed by atoms with Gasteiger partial charge < -0.3 is 5.32 Å². The molecule has 1 aliphatic carbocycles. The van der Waals surface area contributed by atoms with Crippen molar-refractivity contribution in [2.75, 3.05) is 5.32 Å². The Labute approximate surface area is 188 Å². The van der Waals surface area contributed by atoms with E-state index in [1.807, 2.05) is 0 Å². The lowest BCUT2D eigenvalue weighted by atomic mass is 9.78. The summed E-state index contributed by atoms with van der Waals surface area (Å²) >= 11 is 0. The van der Waals surface area contributed by atoms with Crippen LogP contribution in [0.1, 0.15) is 60.4 Å². The molecule has 2 unspecified atom stereocenters. The highest BCUT2D eigenvalue weighted by molar-refractivity contribution is 5.74. The Bertz CT molecular complexity index is 1240. The van der Waals surface area contributed by atoms with Crippen molar-refractivity contribution >= 4 is 5.69 Å². The number of H-pyrrole nitrogens is 1. The molecule has 2 heterocycles. The third-order valence-corrected chi connectivity index (χ3v) is 7.08. The van der Waals surface area contributed by atoms with Gasteiger partial charge >= 0.3 is 0 Å². The van der Waals surface area contributed by atoms with Gasteiger partial charge in [-0.15, -0.1) is 10.2 Å². The fourth-order valence-electron chi connectivity index (χ4n) is 5.35. The molecule has 4 aromatic rings. The lowest BCUT2D eigenvalue weighted by molar-refractivity contribution is 0.536. The number of aromatic nitrogens is 4. The number of hydrogen-bond acceptors (Lipinski definition) is 4. The molecule has 160 valence electrons. The van der Waals surface area contributed by atoms with Crippen LogP contribution >= 0.6 is 0 Å². The average molecular weight is 422 g/mol. The van der Waals surface area contributed by atoms with Crippen molar-refractivity contribution in [3.63, 3.8) is 0 Å². The summed E-state index contributed by atoms with van der Waals surface area (Å²) in [5, 5.41) is 18.3. The number of aryl methyl sites for hydroxylation is 2. The maximum Gasteiger partial charge on any atom is 0.204 e. The van der Waals surface area contributed by atoms with E-state index in [2.05, 4.69) is 93.5 Å². The number of rotatable bonds is 5. The van der Waals surface area contributed by atoms with Gasteiger partial charge in [0.25, 0.3) is 0 Å². The number of nitrogens with zero attached hydrogens (tertiary/aromatic N) is 3. The second-order valence-electron chi connectivity index (χ2n) is 9.02. The van der Waals surface area contributed by atoms with Crippen LogP contribution in [0.2, 0.25) is 0 Å². The molecule has 2 aliphatic rings. The minimum absolute atomic E-state index is 0.333. The third kappa shape index (κ3) is 3.29. The van der Waals surface area contributed by atoms with Gasteiger partial charge in [0.15, 0.2) is 0 Å². The van der Waals surface area contributed by atoms with Crippen molar-refractivity contribution in [1.29, 1.82) is 0 Å². The van der Waals surface area contributed by atoms with Crippen LogP contribution in [-0.2, 0) is 12.8 Å². The Morgan fingerprint density at radius 1 is 0.906 bits per heavy atom. The van der Waals surface area contributed by atoms with E-state index in [-0.39, 0.29) is 0 Å². The number of anilines is 1. The Kier molecular flexibility index (Phi) is 4.75. The first-order chi connectivity index (χ1) is 15.8. The standard InChI is InChI=1S/C27H27N5/c1-2-3-4-17-5-7-18(8-6-17)19-9-13-23-24-14-10-20-15-21(27-29-31-32-30-27)11-12-22(20)26(24)28-25(23)16-19/h5-9,11-13,15-16,24,26,28H,2-4,10,14H2,1H3,(H,29,30,31,32). The van der Waals surface area contributed by atoms with Gasteiger partial charge in [-0.1, -0.05) is 61.9 Å². The molecule has 2 atom stereocenters. The molecular formula is C27H27N5. The van der Waals surface area contributed by atoms with Crippen molar-refractivity contribution in [2.24, 2.45) is 0 Å². The quantitative estimate of drug-likeness (QED) is 0.410. The number of tetrazole rings is 1. The van der Waals surface area contributed by atoms with Gasteiger partial charge in [-0.05, 0) is 76.4 Å². The summed E-state index contributed by atoms with van der Waals surface area (Å²) in [6.45, 7) is 2.24. The molecule has 1 aliphatic heterocycles. The van der Waals surface area contributed by atoms with Crippen LogP contribution in [0.25, 0.3) is 22.5 Å². The fraction of sp³-hybridized carbons (Fsp3) is 0.296. The molecule has 0 saturated heterocycles. The zero-order valence-corrected chi connectivity index (χ0v) is 18.3. The van der Waals surface area contributed by atoms with Crippen molar-refractivity contribution in [2.45, 2.75) is 51.0 Å². The highest BCUT2D eigenvalue weighted by Crippen LogP contribution is 2.51. The summed E-state index contributed by atoms with van der Waals surface area (Å²) in [4.78, 5) is 0. The largest absolute Gasteiger partial charge is 0.377 e. The van der Waals surface area contributed by atoms with Crippen molar-refractivity contribution in [1.82, 2.24) is 20.6 Å². The lowest BCUT2D eigenvalue weighted by Gasteiger charge is -2.29. The highest BCUT2D eigenvalue weighted by atomic mass is 15.5. The number of hydrogen-bond donors (Lipinski definition) is 2. The zero-order chi connectivity index (χ0) is 21.5. The van der Waals surface area contributed by atoms with E-state index in [0.717, 1.165) is 18.4 Å². The lowest BCUT2D eigenvalue weighted by Crippen LogP contribution is -2.19. The molecule has 3 aromatic carbocycles. The predicted molar refractivity (Wildman–Crippen MR) is 128 cm³/mol. The molecule has 0 fully saturated rings. The molecule has 0 saturated carbocycles. The molecule has 2 N–H and O–H groups in total. The molecule has 5 nitrogen and oxygen atoms in total. The zero-order valence-electron chi connectivity index (χ0n) is 18.3. The van der Waals surface area contributed by atoms with Crippen LogP contribution in [0.4, 0.5) is 5.69 Å². The molecule has 0 radical (unpaired) electrons. The van der Waals surface area contributed by atoms with Gasteiger partial charge in [-0.2, -0.15) is 5.21 Å². The second kappa shape index (κ2) is 7.90. The summed E-state index contributed by atoms with van der Waals surface area (Å²) in [5.74, 6) is 1.18. The number of fused-ring (bicyclic) bond motifs is 5. The smallest absolute Gasteiger partial charge is 0.204 e. The van der Waals surface area contributed by atoms with E-state index in [9.17, 15) is 0 Å². The Morgan fingerprint density at radius 2 is 1.72 bits per heavy atom. The topological polar surface area (TPSA) is 66.5 Å². The molecule has 32 heavy (non-hydrogen) atoms. The number of aromatic amines is 1. The van der Waals surface area contributed by atoms with E-state index >= 15 is 0 Å². The average Bonchev–Trinajstić information content (AvgIpc) is 3.50. The maximum atomic E-state index is 4.13. The van der Waals surface area contributed by atoms with Gasteiger partial charge in [0.05, 0.1) is 6.04 Å². The SMILES string of the molecule is CCCCc1ccc(-c2ccc3c(c2)NC2c4ccc(-c5nn[nH]n5)cc4CCC32)cc1. The Balaban J connectivity index is 1.27. The van der Waals surface area contributed by atoms with E-state index in [1.54, 1.807) is 0 Å². The molecule has 0 amide bonds. The minimum atomic E-state index is 0.333. The van der Waals surface area contributed by atoms with Gasteiger partial charge in [-0.25, -0.2) is 0 Å².